The lowest BCUT2D eigenvalue weighted by Gasteiger charge is -2.36. The molecule has 0 aliphatic heterocycles. The van der Waals surface area contributed by atoms with Crippen LogP contribution in [0.15, 0.2) is 67.0 Å². The van der Waals surface area contributed by atoms with Crippen molar-refractivity contribution < 1.29 is 14.0 Å². The van der Waals surface area contributed by atoms with E-state index in [9.17, 15) is 14.0 Å². The number of carbonyl (C=O) groups is 2. The summed E-state index contributed by atoms with van der Waals surface area (Å²) in [6.45, 7) is 0. The van der Waals surface area contributed by atoms with Crippen molar-refractivity contribution in [3.05, 3.63) is 100 Å². The number of benzene rings is 2. The van der Waals surface area contributed by atoms with Crippen molar-refractivity contribution >= 4 is 23.4 Å². The van der Waals surface area contributed by atoms with Crippen molar-refractivity contribution in [2.45, 2.75) is 24.9 Å². The minimum atomic E-state index is -1.04. The fourth-order valence-corrected chi connectivity index (χ4v) is 4.30. The average Bonchev–Trinajstić information content (AvgIpc) is 3.16. The number of nitrogens with zero attached hydrogens (tertiary/aromatic N) is 2. The van der Waals surface area contributed by atoms with E-state index in [1.165, 1.54) is 23.4 Å². The summed E-state index contributed by atoms with van der Waals surface area (Å²) in [6, 6.07) is 13.3. The lowest BCUT2D eigenvalue weighted by Crippen LogP contribution is -2.43. The van der Waals surface area contributed by atoms with Crippen molar-refractivity contribution in [1.82, 2.24) is 9.88 Å². The first kappa shape index (κ1) is 20.0. The zero-order chi connectivity index (χ0) is 21.3. The predicted molar refractivity (Wildman–Crippen MR) is 111 cm³/mol. The summed E-state index contributed by atoms with van der Waals surface area (Å²) >= 11 is 6.11. The van der Waals surface area contributed by atoms with Crippen molar-refractivity contribution in [2.75, 3.05) is 0 Å². The molecule has 2 amide bonds. The van der Waals surface area contributed by atoms with Gasteiger partial charge in [0, 0.05) is 23.0 Å². The molecule has 0 fully saturated rings. The third-order valence-corrected chi connectivity index (χ3v) is 5.60. The first-order valence-corrected chi connectivity index (χ1v) is 9.90. The Balaban J connectivity index is 1.88. The van der Waals surface area contributed by atoms with Crippen LogP contribution in [0.5, 0.6) is 0 Å². The quantitative estimate of drug-likeness (QED) is 0.667. The van der Waals surface area contributed by atoms with Crippen molar-refractivity contribution in [1.29, 1.82) is 0 Å². The van der Waals surface area contributed by atoms with E-state index in [2.05, 4.69) is 4.98 Å². The van der Waals surface area contributed by atoms with E-state index in [-0.39, 0.29) is 10.9 Å². The third kappa shape index (κ3) is 3.66. The van der Waals surface area contributed by atoms with Crippen LogP contribution < -0.4 is 5.73 Å². The Labute approximate surface area is 178 Å². The number of fused-ring (bicyclic) bond motifs is 1. The zero-order valence-electron chi connectivity index (χ0n) is 16.0. The highest BCUT2D eigenvalue weighted by atomic mass is 35.5. The number of primary amides is 1. The molecule has 152 valence electrons. The van der Waals surface area contributed by atoms with E-state index in [0.29, 0.717) is 35.1 Å². The average molecular weight is 424 g/mol. The Morgan fingerprint density at radius 2 is 1.83 bits per heavy atom. The molecule has 4 rings (SSSR count). The smallest absolute Gasteiger partial charge is 0.255 e. The Kier molecular flexibility index (Phi) is 5.50. The molecule has 2 N–H and O–H groups in total. The first-order chi connectivity index (χ1) is 14.5. The summed E-state index contributed by atoms with van der Waals surface area (Å²) in [4.78, 5) is 31.6. The summed E-state index contributed by atoms with van der Waals surface area (Å²) in [5, 5.41) is 0.241. The van der Waals surface area contributed by atoms with Gasteiger partial charge < -0.3 is 10.6 Å². The molecule has 1 aliphatic carbocycles. The SMILES string of the molecule is NC(=O)C(c1ccncc1)N(C(=O)c1ccccc1)[C@@H]1CCc2c(F)cc(Cl)cc21. The molecule has 30 heavy (non-hydrogen) atoms. The molecule has 0 bridgehead atoms. The van der Waals surface area contributed by atoms with E-state index < -0.39 is 23.8 Å². The molecular weight excluding hydrogens is 405 g/mol. The Hall–Kier alpha value is -3.25. The van der Waals surface area contributed by atoms with E-state index in [0.717, 1.165) is 0 Å². The van der Waals surface area contributed by atoms with Gasteiger partial charge in [-0.2, -0.15) is 0 Å². The van der Waals surface area contributed by atoms with E-state index in [4.69, 9.17) is 17.3 Å². The van der Waals surface area contributed by atoms with Gasteiger partial charge in [0.1, 0.15) is 11.9 Å². The topological polar surface area (TPSA) is 76.3 Å². The number of rotatable bonds is 5. The van der Waals surface area contributed by atoms with E-state index in [1.807, 2.05) is 0 Å². The highest BCUT2D eigenvalue weighted by Gasteiger charge is 2.40. The Bertz CT molecular complexity index is 1090. The van der Waals surface area contributed by atoms with Gasteiger partial charge in [-0.3, -0.25) is 14.6 Å². The largest absolute Gasteiger partial charge is 0.368 e. The summed E-state index contributed by atoms with van der Waals surface area (Å²) in [6.07, 6.45) is 3.97. The fraction of sp³-hybridized carbons (Fsp3) is 0.174. The number of carbonyl (C=O) groups excluding carboxylic acids is 2. The minimum Gasteiger partial charge on any atom is -0.368 e. The molecule has 5 nitrogen and oxygen atoms in total. The van der Waals surface area contributed by atoms with Crippen LogP contribution >= 0.6 is 11.6 Å². The van der Waals surface area contributed by atoms with Crippen LogP contribution in [0.2, 0.25) is 5.02 Å². The summed E-state index contributed by atoms with van der Waals surface area (Å²) in [5.41, 5.74) is 7.84. The van der Waals surface area contributed by atoms with E-state index >= 15 is 0 Å². The normalized spacial score (nSPS) is 16.0. The van der Waals surface area contributed by atoms with Gasteiger partial charge >= 0.3 is 0 Å². The Morgan fingerprint density at radius 3 is 2.50 bits per heavy atom. The summed E-state index contributed by atoms with van der Waals surface area (Å²) in [7, 11) is 0. The maximum absolute atomic E-state index is 14.5. The molecule has 1 aliphatic rings. The molecular formula is C23H19ClFN3O2. The summed E-state index contributed by atoms with van der Waals surface area (Å²) in [5.74, 6) is -1.46. The van der Waals surface area contributed by atoms with Crippen molar-refractivity contribution in [3.8, 4) is 0 Å². The number of nitrogens with two attached hydrogens (primary N) is 1. The molecule has 0 radical (unpaired) electrons. The number of pyridine rings is 1. The van der Waals surface area contributed by atoms with Crippen LogP contribution in [-0.2, 0) is 11.2 Å². The predicted octanol–water partition coefficient (Wildman–Crippen LogP) is 4.23. The molecule has 2 atom stereocenters. The van der Waals surface area contributed by atoms with Gasteiger partial charge in [0.25, 0.3) is 5.91 Å². The lowest BCUT2D eigenvalue weighted by molar-refractivity contribution is -0.123. The maximum Gasteiger partial charge on any atom is 0.255 e. The molecule has 3 aromatic rings. The molecule has 2 aromatic carbocycles. The van der Waals surface area contributed by atoms with Crippen molar-refractivity contribution in [2.24, 2.45) is 5.73 Å². The molecule has 1 unspecified atom stereocenters. The van der Waals surface area contributed by atoms with Gasteiger partial charge in [-0.15, -0.1) is 0 Å². The number of halogens is 2. The monoisotopic (exact) mass is 423 g/mol. The third-order valence-electron chi connectivity index (χ3n) is 5.38. The molecule has 0 saturated heterocycles. The Morgan fingerprint density at radius 1 is 1.13 bits per heavy atom. The van der Waals surface area contributed by atoms with Gasteiger partial charge in [-0.05, 0) is 65.9 Å². The molecule has 0 saturated carbocycles. The second kappa shape index (κ2) is 8.24. The van der Waals surface area contributed by atoms with Crippen LogP contribution in [0.25, 0.3) is 0 Å². The van der Waals surface area contributed by atoms with E-state index in [1.54, 1.807) is 48.5 Å². The first-order valence-electron chi connectivity index (χ1n) is 9.52. The van der Waals surface area contributed by atoms with Crippen LogP contribution in [-0.4, -0.2) is 21.7 Å². The van der Waals surface area contributed by atoms with Gasteiger partial charge in [0.2, 0.25) is 5.91 Å². The standard InChI is InChI=1S/C23H19ClFN3O2/c24-16-12-18-17(19(25)13-16)6-7-20(18)28(23(30)15-4-2-1-3-5-15)21(22(26)29)14-8-10-27-11-9-14/h1-5,8-13,20-21H,6-7H2,(H2,26,29)/t20-,21?/m1/s1. The second-order valence-corrected chi connectivity index (χ2v) is 7.61. The van der Waals surface area contributed by atoms with Gasteiger partial charge in [0.05, 0.1) is 6.04 Å². The number of hydrogen-bond donors (Lipinski definition) is 1. The fourth-order valence-electron chi connectivity index (χ4n) is 4.09. The number of hydrogen-bond acceptors (Lipinski definition) is 3. The minimum absolute atomic E-state index is 0.241. The maximum atomic E-state index is 14.5. The lowest BCUT2D eigenvalue weighted by atomic mass is 9.98. The molecule has 0 spiro atoms. The molecule has 7 heteroatoms. The number of aromatic nitrogens is 1. The molecule has 1 aromatic heterocycles. The van der Waals surface area contributed by atoms with Crippen LogP contribution in [0, 0.1) is 5.82 Å². The summed E-state index contributed by atoms with van der Waals surface area (Å²) < 4.78 is 14.5. The van der Waals surface area contributed by atoms with Gasteiger partial charge in [0.15, 0.2) is 0 Å². The zero-order valence-corrected chi connectivity index (χ0v) is 16.7. The van der Waals surface area contributed by atoms with Crippen LogP contribution in [0.4, 0.5) is 4.39 Å². The number of amides is 2. The van der Waals surface area contributed by atoms with Crippen molar-refractivity contribution in [3.63, 3.8) is 0 Å². The van der Waals surface area contributed by atoms with Crippen LogP contribution in [0.3, 0.4) is 0 Å². The van der Waals surface area contributed by atoms with Gasteiger partial charge in [-0.25, -0.2) is 4.39 Å². The second-order valence-electron chi connectivity index (χ2n) is 7.17. The van der Waals surface area contributed by atoms with Crippen LogP contribution in [0.1, 0.15) is 45.6 Å². The highest BCUT2D eigenvalue weighted by Crippen LogP contribution is 2.43. The van der Waals surface area contributed by atoms with Gasteiger partial charge in [-0.1, -0.05) is 29.8 Å². The highest BCUT2D eigenvalue weighted by molar-refractivity contribution is 6.30. The molecule has 1 heterocycles.